The van der Waals surface area contributed by atoms with E-state index >= 15 is 0 Å². The summed E-state index contributed by atoms with van der Waals surface area (Å²) in [5.41, 5.74) is 3.33. The van der Waals surface area contributed by atoms with Gasteiger partial charge < -0.3 is 19.0 Å². The monoisotopic (exact) mass is 517 g/mol. The summed E-state index contributed by atoms with van der Waals surface area (Å²) in [4.78, 5) is 40.5. The number of hydrogen-bond donors (Lipinski definition) is 0. The van der Waals surface area contributed by atoms with Crippen molar-refractivity contribution in [1.29, 1.82) is 0 Å². The molecular formula is C30H31NO7. The van der Waals surface area contributed by atoms with Crippen LogP contribution in [0.15, 0.2) is 72.8 Å². The van der Waals surface area contributed by atoms with E-state index in [0.29, 0.717) is 23.7 Å². The number of ether oxygens (including phenoxy) is 3. The van der Waals surface area contributed by atoms with Crippen LogP contribution in [0.4, 0.5) is 0 Å². The smallest absolute Gasteiger partial charge is 0.333 e. The van der Waals surface area contributed by atoms with Crippen LogP contribution in [0.25, 0.3) is 0 Å². The van der Waals surface area contributed by atoms with Gasteiger partial charge in [0.25, 0.3) is 11.8 Å². The first-order valence-corrected chi connectivity index (χ1v) is 12.6. The van der Waals surface area contributed by atoms with Gasteiger partial charge in [-0.15, -0.1) is 5.06 Å². The molecule has 3 aromatic carbocycles. The Balaban J connectivity index is 1.37. The third-order valence-electron chi connectivity index (χ3n) is 6.33. The lowest BCUT2D eigenvalue weighted by Gasteiger charge is -2.22. The molecule has 8 nitrogen and oxygen atoms in total. The summed E-state index contributed by atoms with van der Waals surface area (Å²) in [6.07, 6.45) is 1.31. The zero-order valence-corrected chi connectivity index (χ0v) is 21.6. The maximum atomic E-state index is 12.0. The fraction of sp³-hybridized carbons (Fsp3) is 0.300. The second kappa shape index (κ2) is 12.8. The van der Waals surface area contributed by atoms with E-state index < -0.39 is 17.8 Å². The highest BCUT2D eigenvalue weighted by Crippen LogP contribution is 2.34. The molecule has 198 valence electrons. The van der Waals surface area contributed by atoms with Crippen molar-refractivity contribution >= 4 is 17.8 Å². The molecule has 0 N–H and O–H groups in total. The molecule has 1 fully saturated rings. The zero-order chi connectivity index (χ0) is 26.9. The summed E-state index contributed by atoms with van der Waals surface area (Å²) in [6.45, 7) is 0.288. The molecule has 2 amide bonds. The van der Waals surface area contributed by atoms with Crippen molar-refractivity contribution in [3.05, 3.63) is 89.5 Å². The second-order valence-corrected chi connectivity index (χ2v) is 8.90. The number of carbonyl (C=O) groups is 3. The van der Waals surface area contributed by atoms with Crippen LogP contribution in [0.2, 0.25) is 0 Å². The van der Waals surface area contributed by atoms with Gasteiger partial charge in [-0.3, -0.25) is 9.59 Å². The Hall–Kier alpha value is -4.33. The third kappa shape index (κ3) is 6.70. The van der Waals surface area contributed by atoms with Gasteiger partial charge in [0.15, 0.2) is 0 Å². The molecule has 0 saturated carbocycles. The highest BCUT2D eigenvalue weighted by molar-refractivity contribution is 5.97. The highest BCUT2D eigenvalue weighted by Gasteiger charge is 2.29. The number of rotatable bonds is 11. The number of nitrogens with zero attached hydrogens (tertiary/aromatic N) is 1. The minimum absolute atomic E-state index is 0.00385. The van der Waals surface area contributed by atoms with Crippen molar-refractivity contribution in [2.75, 3.05) is 20.8 Å². The Bertz CT molecular complexity index is 1170. The van der Waals surface area contributed by atoms with Gasteiger partial charge in [0.2, 0.25) is 0 Å². The van der Waals surface area contributed by atoms with Gasteiger partial charge in [-0.2, -0.15) is 0 Å². The molecule has 1 saturated heterocycles. The van der Waals surface area contributed by atoms with Crippen molar-refractivity contribution in [3.8, 4) is 17.2 Å². The lowest BCUT2D eigenvalue weighted by Crippen LogP contribution is -2.41. The molecule has 4 rings (SSSR count). The predicted molar refractivity (Wildman–Crippen MR) is 140 cm³/mol. The fourth-order valence-electron chi connectivity index (χ4n) is 4.32. The fourth-order valence-corrected chi connectivity index (χ4v) is 4.32. The van der Waals surface area contributed by atoms with Crippen LogP contribution in [-0.2, 0) is 19.2 Å². The molecule has 0 aromatic heterocycles. The number of methoxy groups -OCH3 is 2. The molecule has 8 heteroatoms. The lowest BCUT2D eigenvalue weighted by atomic mass is 9.85. The highest BCUT2D eigenvalue weighted by atomic mass is 16.7. The van der Waals surface area contributed by atoms with E-state index in [4.69, 9.17) is 19.0 Å². The van der Waals surface area contributed by atoms with Gasteiger partial charge in [-0.05, 0) is 65.9 Å². The van der Waals surface area contributed by atoms with Crippen LogP contribution in [0.5, 0.6) is 17.2 Å². The van der Waals surface area contributed by atoms with Crippen molar-refractivity contribution in [2.45, 2.75) is 38.0 Å². The van der Waals surface area contributed by atoms with Gasteiger partial charge in [0, 0.05) is 18.8 Å². The molecule has 1 aliphatic rings. The average molecular weight is 518 g/mol. The van der Waals surface area contributed by atoms with Crippen molar-refractivity contribution in [2.24, 2.45) is 0 Å². The minimum atomic E-state index is -0.630. The van der Waals surface area contributed by atoms with E-state index in [-0.39, 0.29) is 31.8 Å². The standard InChI is InChI=1S/C30H31NO7/c1-35-24-14-8-21(9-15-24)30(22-10-16-25(36-2)17-11-22)23-12-18-26(19-13-23)37-20-4-7-29(34)38-31-27(32)5-3-6-28(31)33/h8-19,30H,3-7,20H2,1-2H3. The summed E-state index contributed by atoms with van der Waals surface area (Å²) >= 11 is 0. The molecule has 0 unspecified atom stereocenters. The quantitative estimate of drug-likeness (QED) is 0.200. The number of hydroxylamine groups is 2. The first-order valence-electron chi connectivity index (χ1n) is 12.6. The summed E-state index contributed by atoms with van der Waals surface area (Å²) in [5.74, 6) is 0.673. The van der Waals surface area contributed by atoms with Crippen LogP contribution in [0.1, 0.15) is 54.7 Å². The average Bonchev–Trinajstić information content (AvgIpc) is 2.95. The Morgan fingerprint density at radius 1 is 0.737 bits per heavy atom. The molecule has 38 heavy (non-hydrogen) atoms. The predicted octanol–water partition coefficient (Wildman–Crippen LogP) is 5.04. The number of imide groups is 1. The normalized spacial score (nSPS) is 13.4. The molecule has 1 heterocycles. The summed E-state index contributed by atoms with van der Waals surface area (Å²) in [7, 11) is 3.29. The summed E-state index contributed by atoms with van der Waals surface area (Å²) < 4.78 is 16.4. The Morgan fingerprint density at radius 3 is 1.63 bits per heavy atom. The first-order chi connectivity index (χ1) is 18.5. The number of hydrogen-bond acceptors (Lipinski definition) is 7. The molecular weight excluding hydrogens is 486 g/mol. The van der Waals surface area contributed by atoms with Gasteiger partial charge in [-0.25, -0.2) is 4.79 Å². The topological polar surface area (TPSA) is 91.4 Å². The van der Waals surface area contributed by atoms with E-state index in [1.165, 1.54) is 0 Å². The molecule has 0 atom stereocenters. The number of carbonyl (C=O) groups excluding carboxylic acids is 3. The molecule has 3 aromatic rings. The van der Waals surface area contributed by atoms with Crippen molar-refractivity contribution < 1.29 is 33.4 Å². The van der Waals surface area contributed by atoms with E-state index in [0.717, 1.165) is 28.2 Å². The molecule has 0 bridgehead atoms. The minimum Gasteiger partial charge on any atom is -0.497 e. The Labute approximate surface area is 222 Å². The van der Waals surface area contributed by atoms with Gasteiger partial charge in [0.05, 0.1) is 27.2 Å². The van der Waals surface area contributed by atoms with Gasteiger partial charge in [0.1, 0.15) is 17.2 Å². The number of benzene rings is 3. The maximum absolute atomic E-state index is 12.0. The van der Waals surface area contributed by atoms with Gasteiger partial charge in [-0.1, -0.05) is 36.4 Å². The second-order valence-electron chi connectivity index (χ2n) is 8.90. The first kappa shape index (κ1) is 26.7. The van der Waals surface area contributed by atoms with E-state index in [1.54, 1.807) is 14.2 Å². The molecule has 0 aliphatic carbocycles. The van der Waals surface area contributed by atoms with E-state index in [2.05, 4.69) is 24.3 Å². The maximum Gasteiger partial charge on any atom is 0.333 e. The van der Waals surface area contributed by atoms with Crippen molar-refractivity contribution in [3.63, 3.8) is 0 Å². The third-order valence-corrected chi connectivity index (χ3v) is 6.33. The lowest BCUT2D eigenvalue weighted by molar-refractivity contribution is -0.205. The number of amides is 2. The molecule has 0 radical (unpaired) electrons. The van der Waals surface area contributed by atoms with Crippen LogP contribution in [0.3, 0.4) is 0 Å². The largest absolute Gasteiger partial charge is 0.497 e. The molecule has 1 aliphatic heterocycles. The SMILES string of the molecule is COc1ccc(C(c2ccc(OC)cc2)c2ccc(OCCCC(=O)ON3C(=O)CCCC3=O)cc2)cc1. The summed E-state index contributed by atoms with van der Waals surface area (Å²) in [5, 5.41) is 0.591. The number of piperidine rings is 1. The molecule has 0 spiro atoms. The van der Waals surface area contributed by atoms with E-state index in [1.807, 2.05) is 48.5 Å². The van der Waals surface area contributed by atoms with Crippen molar-refractivity contribution in [1.82, 2.24) is 5.06 Å². The zero-order valence-electron chi connectivity index (χ0n) is 21.6. The van der Waals surface area contributed by atoms with E-state index in [9.17, 15) is 14.4 Å². The van der Waals surface area contributed by atoms with Crippen LogP contribution >= 0.6 is 0 Å². The van der Waals surface area contributed by atoms with Gasteiger partial charge >= 0.3 is 5.97 Å². The Kier molecular flexibility index (Phi) is 8.98. The summed E-state index contributed by atoms with van der Waals surface area (Å²) in [6, 6.07) is 23.9. The van der Waals surface area contributed by atoms with Crippen LogP contribution in [-0.4, -0.2) is 43.7 Å². The van der Waals surface area contributed by atoms with Crippen LogP contribution in [0, 0.1) is 0 Å². The Morgan fingerprint density at radius 2 is 1.18 bits per heavy atom. The van der Waals surface area contributed by atoms with Crippen LogP contribution < -0.4 is 14.2 Å².